The number of rotatable bonds is 3. The molecule has 128 valence electrons. The fourth-order valence-corrected chi connectivity index (χ4v) is 3.58. The van der Waals surface area contributed by atoms with Gasteiger partial charge in [-0.25, -0.2) is 4.98 Å². The molecule has 0 saturated carbocycles. The van der Waals surface area contributed by atoms with Gasteiger partial charge in [-0.05, 0) is 39.1 Å². The van der Waals surface area contributed by atoms with Crippen LogP contribution in [0.2, 0.25) is 0 Å². The molecule has 0 spiro atoms. The lowest BCUT2D eigenvalue weighted by molar-refractivity contribution is 0.575. The van der Waals surface area contributed by atoms with Gasteiger partial charge in [0.25, 0.3) is 0 Å². The summed E-state index contributed by atoms with van der Waals surface area (Å²) >= 11 is 0. The molecule has 0 unspecified atom stereocenters. The molecule has 5 aromatic rings. The maximum absolute atomic E-state index is 5.67. The van der Waals surface area contributed by atoms with Gasteiger partial charge in [0.05, 0.1) is 6.20 Å². The van der Waals surface area contributed by atoms with Crippen LogP contribution in [-0.4, -0.2) is 4.98 Å². The molecule has 0 atom stereocenters. The third kappa shape index (κ3) is 2.81. The van der Waals surface area contributed by atoms with E-state index >= 15 is 0 Å². The molecule has 0 amide bonds. The van der Waals surface area contributed by atoms with Crippen LogP contribution in [0.4, 0.5) is 0 Å². The van der Waals surface area contributed by atoms with Gasteiger partial charge >= 0.3 is 0 Å². The molecule has 4 aromatic carbocycles. The summed E-state index contributed by atoms with van der Waals surface area (Å²) in [5.41, 5.74) is 5.62. The summed E-state index contributed by atoms with van der Waals surface area (Å²) in [6, 6.07) is 31.7. The number of hydrogen-bond donors (Lipinski definition) is 0. The SMILES string of the molecule is c1ccc(-c2ccc(-c3cccc4ccccc34)c(-c3ncco3)c2)cc1. The highest BCUT2D eigenvalue weighted by molar-refractivity contribution is 6.00. The van der Waals surface area contributed by atoms with E-state index in [0.717, 1.165) is 16.7 Å². The summed E-state index contributed by atoms with van der Waals surface area (Å²) in [5.74, 6) is 0.635. The first kappa shape index (κ1) is 15.6. The molecule has 0 aliphatic heterocycles. The molecule has 0 aliphatic carbocycles. The first-order valence-electron chi connectivity index (χ1n) is 8.98. The largest absolute Gasteiger partial charge is 0.445 e. The molecule has 0 aliphatic rings. The minimum Gasteiger partial charge on any atom is -0.445 e. The predicted molar refractivity (Wildman–Crippen MR) is 110 cm³/mol. The molecule has 0 radical (unpaired) electrons. The van der Waals surface area contributed by atoms with E-state index in [4.69, 9.17) is 4.42 Å². The lowest BCUT2D eigenvalue weighted by Crippen LogP contribution is -1.89. The van der Waals surface area contributed by atoms with Gasteiger partial charge in [0.1, 0.15) is 6.26 Å². The number of nitrogens with zero attached hydrogens (tertiary/aromatic N) is 1. The van der Waals surface area contributed by atoms with Crippen LogP contribution in [0, 0.1) is 0 Å². The Labute approximate surface area is 157 Å². The van der Waals surface area contributed by atoms with Gasteiger partial charge in [-0.1, -0.05) is 84.9 Å². The Bertz CT molecular complexity index is 1200. The number of fused-ring (bicyclic) bond motifs is 1. The zero-order chi connectivity index (χ0) is 18.1. The summed E-state index contributed by atoms with van der Waals surface area (Å²) in [7, 11) is 0. The summed E-state index contributed by atoms with van der Waals surface area (Å²) in [4.78, 5) is 4.42. The topological polar surface area (TPSA) is 26.0 Å². The molecule has 2 heteroatoms. The van der Waals surface area contributed by atoms with Crippen LogP contribution in [-0.2, 0) is 0 Å². The molecule has 1 aromatic heterocycles. The molecule has 2 nitrogen and oxygen atoms in total. The molecule has 27 heavy (non-hydrogen) atoms. The first-order chi connectivity index (χ1) is 13.4. The van der Waals surface area contributed by atoms with Gasteiger partial charge in [-0.3, -0.25) is 0 Å². The summed E-state index contributed by atoms with van der Waals surface area (Å²) in [5, 5.41) is 2.45. The van der Waals surface area contributed by atoms with Crippen LogP contribution in [0.25, 0.3) is 44.5 Å². The van der Waals surface area contributed by atoms with Crippen LogP contribution in [0.15, 0.2) is 108 Å². The lowest BCUT2D eigenvalue weighted by Gasteiger charge is -2.13. The Morgan fingerprint density at radius 3 is 2.26 bits per heavy atom. The number of aromatic nitrogens is 1. The standard InChI is InChI=1S/C25H17NO/c1-2-7-18(8-3-1)20-13-14-23(24(17-20)25-26-15-16-27-25)22-12-6-10-19-9-4-5-11-21(19)22/h1-17H. The second-order valence-corrected chi connectivity index (χ2v) is 6.49. The molecule has 1 heterocycles. The lowest BCUT2D eigenvalue weighted by atomic mass is 9.92. The highest BCUT2D eigenvalue weighted by atomic mass is 16.3. The van der Waals surface area contributed by atoms with Crippen molar-refractivity contribution < 1.29 is 4.42 Å². The van der Waals surface area contributed by atoms with Gasteiger partial charge in [0, 0.05) is 5.56 Å². The van der Waals surface area contributed by atoms with Crippen molar-refractivity contribution in [1.82, 2.24) is 4.98 Å². The molecular formula is C25H17NO. The maximum atomic E-state index is 5.67. The predicted octanol–water partition coefficient (Wildman–Crippen LogP) is 6.83. The number of oxazole rings is 1. The van der Waals surface area contributed by atoms with Crippen molar-refractivity contribution in [1.29, 1.82) is 0 Å². The minimum atomic E-state index is 0.635. The van der Waals surface area contributed by atoms with Gasteiger partial charge in [-0.15, -0.1) is 0 Å². The van der Waals surface area contributed by atoms with Gasteiger partial charge < -0.3 is 4.42 Å². The van der Waals surface area contributed by atoms with Crippen LogP contribution in [0.5, 0.6) is 0 Å². The second-order valence-electron chi connectivity index (χ2n) is 6.49. The Kier molecular flexibility index (Phi) is 3.80. The summed E-state index contributed by atoms with van der Waals surface area (Å²) in [6.07, 6.45) is 3.31. The Balaban J connectivity index is 1.77. The van der Waals surface area contributed by atoms with Crippen LogP contribution in [0.3, 0.4) is 0 Å². The average Bonchev–Trinajstić information content (AvgIpc) is 3.28. The van der Waals surface area contributed by atoms with Crippen molar-refractivity contribution >= 4 is 10.8 Å². The molecule has 0 bridgehead atoms. The summed E-state index contributed by atoms with van der Waals surface area (Å²) < 4.78 is 5.67. The second kappa shape index (κ2) is 6.58. The Morgan fingerprint density at radius 1 is 0.593 bits per heavy atom. The highest BCUT2D eigenvalue weighted by Gasteiger charge is 2.14. The zero-order valence-electron chi connectivity index (χ0n) is 14.7. The van der Waals surface area contributed by atoms with E-state index in [2.05, 4.69) is 89.9 Å². The van der Waals surface area contributed by atoms with Crippen LogP contribution in [0.1, 0.15) is 0 Å². The van der Waals surface area contributed by atoms with Gasteiger partial charge in [-0.2, -0.15) is 0 Å². The third-order valence-corrected chi connectivity index (χ3v) is 4.87. The maximum Gasteiger partial charge on any atom is 0.226 e. The Morgan fingerprint density at radius 2 is 1.41 bits per heavy atom. The van der Waals surface area contributed by atoms with E-state index in [1.165, 1.54) is 21.9 Å². The van der Waals surface area contributed by atoms with Gasteiger partial charge in [0.15, 0.2) is 0 Å². The van der Waals surface area contributed by atoms with Crippen molar-refractivity contribution in [3.05, 3.63) is 103 Å². The monoisotopic (exact) mass is 347 g/mol. The quantitative estimate of drug-likeness (QED) is 0.357. The molecule has 0 N–H and O–H groups in total. The van der Waals surface area contributed by atoms with Crippen LogP contribution < -0.4 is 0 Å². The normalized spacial score (nSPS) is 11.0. The minimum absolute atomic E-state index is 0.635. The fourth-order valence-electron chi connectivity index (χ4n) is 3.58. The molecule has 0 fully saturated rings. The van der Waals surface area contributed by atoms with Crippen molar-refractivity contribution in [2.45, 2.75) is 0 Å². The van der Waals surface area contributed by atoms with Gasteiger partial charge in [0.2, 0.25) is 5.89 Å². The zero-order valence-corrected chi connectivity index (χ0v) is 14.7. The van der Waals surface area contributed by atoms with E-state index < -0.39 is 0 Å². The van der Waals surface area contributed by atoms with E-state index in [9.17, 15) is 0 Å². The number of benzene rings is 4. The van der Waals surface area contributed by atoms with E-state index in [1.54, 1.807) is 12.5 Å². The molecule has 0 saturated heterocycles. The van der Waals surface area contributed by atoms with Crippen LogP contribution >= 0.6 is 0 Å². The first-order valence-corrected chi connectivity index (χ1v) is 8.98. The van der Waals surface area contributed by atoms with E-state index in [1.807, 2.05) is 6.07 Å². The van der Waals surface area contributed by atoms with E-state index in [-0.39, 0.29) is 0 Å². The molecule has 5 rings (SSSR count). The van der Waals surface area contributed by atoms with Crippen molar-refractivity contribution in [3.63, 3.8) is 0 Å². The smallest absolute Gasteiger partial charge is 0.226 e. The van der Waals surface area contributed by atoms with E-state index in [0.29, 0.717) is 5.89 Å². The van der Waals surface area contributed by atoms with Crippen molar-refractivity contribution in [3.8, 4) is 33.7 Å². The third-order valence-electron chi connectivity index (χ3n) is 4.87. The average molecular weight is 347 g/mol. The van der Waals surface area contributed by atoms with Crippen molar-refractivity contribution in [2.24, 2.45) is 0 Å². The fraction of sp³-hybridized carbons (Fsp3) is 0. The molecular weight excluding hydrogens is 330 g/mol. The van der Waals surface area contributed by atoms with Crippen molar-refractivity contribution in [2.75, 3.05) is 0 Å². The highest BCUT2D eigenvalue weighted by Crippen LogP contribution is 2.38. The number of hydrogen-bond acceptors (Lipinski definition) is 2. The Hall–Kier alpha value is -3.65. The summed E-state index contributed by atoms with van der Waals surface area (Å²) in [6.45, 7) is 0.